The SMILES string of the molecule is [O-]B([O-])OC(C(F)(F)F)C(F)(F)F. The van der Waals surface area contributed by atoms with Crippen molar-refractivity contribution in [3.05, 3.63) is 0 Å². The lowest BCUT2D eigenvalue weighted by molar-refractivity contribution is -0.408. The average molecular weight is 210 g/mol. The van der Waals surface area contributed by atoms with E-state index in [9.17, 15) is 36.4 Å². The molecule has 10 heteroatoms. The lowest BCUT2D eigenvalue weighted by atomic mass is 10.2. The molecular weight excluding hydrogens is 209 g/mol. The van der Waals surface area contributed by atoms with Crippen LogP contribution < -0.4 is 10.0 Å². The Morgan fingerprint density at radius 1 is 0.923 bits per heavy atom. The maximum Gasteiger partial charge on any atom is 0.421 e. The summed E-state index contributed by atoms with van der Waals surface area (Å²) >= 11 is 0. The highest BCUT2D eigenvalue weighted by molar-refractivity contribution is 6.28. The first-order valence-electron chi connectivity index (χ1n) is 2.65. The van der Waals surface area contributed by atoms with Gasteiger partial charge in [0, 0.05) is 0 Å². The molecule has 0 N–H and O–H groups in total. The molecule has 0 bridgehead atoms. The second kappa shape index (κ2) is 3.72. The second-order valence-corrected chi connectivity index (χ2v) is 1.89. The molecule has 0 spiro atoms. The van der Waals surface area contributed by atoms with E-state index in [1.54, 1.807) is 0 Å². The van der Waals surface area contributed by atoms with Crippen LogP contribution in [0, 0.1) is 0 Å². The molecule has 78 valence electrons. The van der Waals surface area contributed by atoms with Gasteiger partial charge in [-0.3, -0.25) is 0 Å². The molecule has 0 saturated heterocycles. The first-order chi connectivity index (χ1) is 5.55. The highest BCUT2D eigenvalue weighted by atomic mass is 19.4. The van der Waals surface area contributed by atoms with Crippen LogP contribution in [0.5, 0.6) is 0 Å². The molecule has 13 heavy (non-hydrogen) atoms. The topological polar surface area (TPSA) is 55.3 Å². The number of alkyl halides is 6. The van der Waals surface area contributed by atoms with Crippen LogP contribution in [0.3, 0.4) is 0 Å². The molecular formula is C3HBF6O3-2. The third-order valence-corrected chi connectivity index (χ3v) is 0.842. The van der Waals surface area contributed by atoms with Gasteiger partial charge < -0.3 is 14.7 Å². The normalized spacial score (nSPS) is 13.6. The molecule has 0 aliphatic heterocycles. The van der Waals surface area contributed by atoms with Crippen LogP contribution in [0.4, 0.5) is 26.3 Å². The van der Waals surface area contributed by atoms with Crippen LogP contribution in [0.2, 0.25) is 0 Å². The average Bonchev–Trinajstić information content (AvgIpc) is 1.77. The van der Waals surface area contributed by atoms with E-state index in [0.717, 1.165) is 0 Å². The van der Waals surface area contributed by atoms with Gasteiger partial charge in [-0.1, -0.05) is 0 Å². The monoisotopic (exact) mass is 210 g/mol. The minimum Gasteiger partial charge on any atom is -0.871 e. The Morgan fingerprint density at radius 3 is 1.31 bits per heavy atom. The molecule has 0 aliphatic rings. The first-order valence-corrected chi connectivity index (χ1v) is 2.65. The van der Waals surface area contributed by atoms with Crippen molar-refractivity contribution in [2.75, 3.05) is 0 Å². The molecule has 0 aromatic carbocycles. The summed E-state index contributed by atoms with van der Waals surface area (Å²) in [6.07, 6.45) is -15.9. The smallest absolute Gasteiger partial charge is 0.421 e. The van der Waals surface area contributed by atoms with Crippen molar-refractivity contribution in [3.63, 3.8) is 0 Å². The van der Waals surface area contributed by atoms with Gasteiger partial charge >= 0.3 is 12.4 Å². The lowest BCUT2D eigenvalue weighted by Crippen LogP contribution is -2.56. The van der Waals surface area contributed by atoms with Crippen LogP contribution >= 0.6 is 0 Å². The van der Waals surface area contributed by atoms with Gasteiger partial charge in [0.05, 0.1) is 7.32 Å². The molecule has 0 radical (unpaired) electrons. The molecule has 0 amide bonds. The standard InChI is InChI=1S/C3HBF6O3/c5-2(6,7)1(3(8,9)10)13-4(11)12/h1H/q-2. The fourth-order valence-corrected chi connectivity index (χ4v) is 0.451. The fourth-order valence-electron chi connectivity index (χ4n) is 0.451. The van der Waals surface area contributed by atoms with Crippen LogP contribution in [-0.4, -0.2) is 25.8 Å². The van der Waals surface area contributed by atoms with Gasteiger partial charge in [0.25, 0.3) is 0 Å². The second-order valence-electron chi connectivity index (χ2n) is 1.89. The fraction of sp³-hybridized carbons (Fsp3) is 1.00. The van der Waals surface area contributed by atoms with Crippen molar-refractivity contribution in [3.8, 4) is 0 Å². The predicted octanol–water partition coefficient (Wildman–Crippen LogP) is -0.798. The molecule has 0 saturated carbocycles. The van der Waals surface area contributed by atoms with Crippen LogP contribution in [0.1, 0.15) is 0 Å². The first kappa shape index (κ1) is 12.5. The zero-order valence-corrected chi connectivity index (χ0v) is 5.65. The van der Waals surface area contributed by atoms with Gasteiger partial charge in [-0.15, -0.1) is 0 Å². The largest absolute Gasteiger partial charge is 0.871 e. The molecule has 0 unspecified atom stereocenters. The van der Waals surface area contributed by atoms with Gasteiger partial charge in [-0.2, -0.15) is 26.3 Å². The van der Waals surface area contributed by atoms with E-state index in [0.29, 0.717) is 0 Å². The van der Waals surface area contributed by atoms with E-state index in [1.165, 1.54) is 0 Å². The highest BCUT2D eigenvalue weighted by Crippen LogP contribution is 2.35. The van der Waals surface area contributed by atoms with Gasteiger partial charge in [0.2, 0.25) is 6.10 Å². The zero-order valence-electron chi connectivity index (χ0n) is 5.65. The maximum absolute atomic E-state index is 11.5. The zero-order chi connectivity index (χ0) is 10.9. The molecule has 3 nitrogen and oxygen atoms in total. The Morgan fingerprint density at radius 2 is 1.23 bits per heavy atom. The summed E-state index contributed by atoms with van der Waals surface area (Å²) in [5.41, 5.74) is 0. The summed E-state index contributed by atoms with van der Waals surface area (Å²) in [5.74, 6) is 0. The van der Waals surface area contributed by atoms with E-state index in [1.807, 2.05) is 0 Å². The van der Waals surface area contributed by atoms with E-state index >= 15 is 0 Å². The molecule has 0 aromatic rings. The summed E-state index contributed by atoms with van der Waals surface area (Å²) in [6.45, 7) is 0. The number of rotatable bonds is 2. The Balaban J connectivity index is 4.58. The lowest BCUT2D eigenvalue weighted by Gasteiger charge is -2.33. The van der Waals surface area contributed by atoms with E-state index in [2.05, 4.69) is 4.65 Å². The van der Waals surface area contributed by atoms with Crippen molar-refractivity contribution < 1.29 is 41.0 Å². The van der Waals surface area contributed by atoms with Gasteiger partial charge in [0.1, 0.15) is 0 Å². The van der Waals surface area contributed by atoms with Crippen molar-refractivity contribution in [2.24, 2.45) is 0 Å². The van der Waals surface area contributed by atoms with Crippen molar-refractivity contribution >= 4 is 7.32 Å². The van der Waals surface area contributed by atoms with E-state index in [4.69, 9.17) is 0 Å². The van der Waals surface area contributed by atoms with Crippen molar-refractivity contribution in [2.45, 2.75) is 18.5 Å². The summed E-state index contributed by atoms with van der Waals surface area (Å²) in [5, 5.41) is 18.9. The molecule has 0 heterocycles. The van der Waals surface area contributed by atoms with Gasteiger partial charge in [-0.25, -0.2) is 0 Å². The maximum atomic E-state index is 11.5. The van der Waals surface area contributed by atoms with E-state index in [-0.39, 0.29) is 0 Å². The minimum atomic E-state index is -5.81. The molecule has 0 fully saturated rings. The Hall–Kier alpha value is -0.475. The Kier molecular flexibility index (Phi) is 3.58. The van der Waals surface area contributed by atoms with E-state index < -0.39 is 25.8 Å². The molecule has 0 aliphatic carbocycles. The summed E-state index contributed by atoms with van der Waals surface area (Å²) in [6, 6.07) is 0. The molecule has 0 aromatic heterocycles. The minimum absolute atomic E-state index is 2.62. The third kappa shape index (κ3) is 4.34. The number of halogens is 6. The van der Waals surface area contributed by atoms with Gasteiger partial charge in [0.15, 0.2) is 0 Å². The predicted molar refractivity (Wildman–Crippen MR) is 22.7 cm³/mol. The highest BCUT2D eigenvalue weighted by Gasteiger charge is 2.56. The molecule has 0 rings (SSSR count). The van der Waals surface area contributed by atoms with Crippen molar-refractivity contribution in [1.82, 2.24) is 0 Å². The number of hydrogen-bond donors (Lipinski definition) is 0. The van der Waals surface area contributed by atoms with Crippen LogP contribution in [0.15, 0.2) is 0 Å². The summed E-state index contributed by atoms with van der Waals surface area (Å²) in [4.78, 5) is 0. The van der Waals surface area contributed by atoms with Crippen molar-refractivity contribution in [1.29, 1.82) is 0 Å². The van der Waals surface area contributed by atoms with Crippen LogP contribution in [-0.2, 0) is 4.65 Å². The van der Waals surface area contributed by atoms with Gasteiger partial charge in [-0.05, 0) is 0 Å². The Labute approximate surface area is 68.1 Å². The number of hydrogen-bond acceptors (Lipinski definition) is 3. The summed E-state index contributed by atoms with van der Waals surface area (Å²) < 4.78 is 71.3. The Bertz CT molecular complexity index is 149. The third-order valence-electron chi connectivity index (χ3n) is 0.842. The molecule has 0 atom stereocenters. The summed E-state index contributed by atoms with van der Waals surface area (Å²) in [7, 11) is -3.63. The van der Waals surface area contributed by atoms with Crippen LogP contribution in [0.25, 0.3) is 0 Å². The quantitative estimate of drug-likeness (QED) is 0.442.